The fraction of sp³-hybridized carbons (Fsp3) is 0.455. The van der Waals surface area contributed by atoms with Gasteiger partial charge < -0.3 is 15.1 Å². The predicted molar refractivity (Wildman–Crippen MR) is 112 cm³/mol. The molecule has 26 heavy (non-hydrogen) atoms. The molecular weight excluding hydrogens is 338 g/mol. The largest absolute Gasteiger partial charge is 0.372 e. The lowest BCUT2D eigenvalue weighted by Crippen LogP contribution is -2.29. The lowest BCUT2D eigenvalue weighted by Gasteiger charge is -2.31. The van der Waals surface area contributed by atoms with Crippen LogP contribution in [0.5, 0.6) is 0 Å². The fourth-order valence-electron chi connectivity index (χ4n) is 4.36. The highest BCUT2D eigenvalue weighted by Crippen LogP contribution is 2.46. The van der Waals surface area contributed by atoms with Crippen LogP contribution in [0.4, 0.5) is 22.7 Å². The monoisotopic (exact) mass is 365 g/mol. The average Bonchev–Trinajstić information content (AvgIpc) is 2.73. The first kappa shape index (κ1) is 16.4. The topological polar surface area (TPSA) is 18.5 Å². The smallest absolute Gasteiger partial charge is 0.0527 e. The van der Waals surface area contributed by atoms with E-state index in [-0.39, 0.29) is 0 Å². The minimum Gasteiger partial charge on any atom is -0.372 e. The second kappa shape index (κ2) is 7.07. The van der Waals surface area contributed by atoms with Gasteiger partial charge in [0.2, 0.25) is 0 Å². The van der Waals surface area contributed by atoms with Gasteiger partial charge in [-0.1, -0.05) is 11.8 Å². The number of fused-ring (bicyclic) bond motifs is 2. The number of hydrogen-bond donors (Lipinski definition) is 1. The molecule has 0 bridgehead atoms. The molecule has 3 aliphatic heterocycles. The van der Waals surface area contributed by atoms with Gasteiger partial charge in [-0.15, -0.1) is 0 Å². The molecule has 0 radical (unpaired) electrons. The van der Waals surface area contributed by atoms with Crippen LogP contribution in [0, 0.1) is 0 Å². The van der Waals surface area contributed by atoms with Crippen molar-refractivity contribution in [2.45, 2.75) is 48.3 Å². The van der Waals surface area contributed by atoms with Crippen molar-refractivity contribution in [1.29, 1.82) is 0 Å². The lowest BCUT2D eigenvalue weighted by molar-refractivity contribution is 0.577. The van der Waals surface area contributed by atoms with Gasteiger partial charge in [0.1, 0.15) is 0 Å². The summed E-state index contributed by atoms with van der Waals surface area (Å²) in [6.07, 6.45) is 8.05. The predicted octanol–water partition coefficient (Wildman–Crippen LogP) is 5.88. The SMILES string of the molecule is c1cc2c(cc1N1CCCCC1)Sc1cc(N3CCCCC3)ccc1N2. The van der Waals surface area contributed by atoms with E-state index in [4.69, 9.17) is 0 Å². The quantitative estimate of drug-likeness (QED) is 0.611. The molecule has 4 heteroatoms. The summed E-state index contributed by atoms with van der Waals surface area (Å²) in [5.74, 6) is 0. The van der Waals surface area contributed by atoms with Gasteiger partial charge in [-0.05, 0) is 74.9 Å². The highest BCUT2D eigenvalue weighted by Gasteiger charge is 2.20. The van der Waals surface area contributed by atoms with E-state index in [2.05, 4.69) is 51.5 Å². The molecular formula is C22H27N3S. The molecule has 0 unspecified atom stereocenters. The Balaban J connectivity index is 1.40. The van der Waals surface area contributed by atoms with Crippen LogP contribution in [0.1, 0.15) is 38.5 Å². The van der Waals surface area contributed by atoms with Crippen LogP contribution in [-0.4, -0.2) is 26.2 Å². The molecule has 3 heterocycles. The number of piperidine rings is 2. The van der Waals surface area contributed by atoms with Gasteiger partial charge in [0.15, 0.2) is 0 Å². The maximum atomic E-state index is 3.64. The van der Waals surface area contributed by atoms with E-state index in [1.54, 1.807) is 0 Å². The zero-order valence-electron chi connectivity index (χ0n) is 15.3. The van der Waals surface area contributed by atoms with E-state index in [0.717, 1.165) is 0 Å². The maximum Gasteiger partial charge on any atom is 0.0527 e. The highest BCUT2D eigenvalue weighted by atomic mass is 32.2. The van der Waals surface area contributed by atoms with Crippen molar-refractivity contribution in [1.82, 2.24) is 0 Å². The number of nitrogens with one attached hydrogen (secondary N) is 1. The Morgan fingerprint density at radius 3 is 1.54 bits per heavy atom. The standard InChI is InChI=1S/C22H27N3S/c1-3-11-24(12-4-1)17-7-9-19-21(15-17)26-22-16-18(8-10-20(22)23-19)25-13-5-2-6-14-25/h7-10,15-16,23H,1-6,11-14H2. The summed E-state index contributed by atoms with van der Waals surface area (Å²) in [5.41, 5.74) is 5.25. The molecule has 1 N–H and O–H groups in total. The van der Waals surface area contributed by atoms with E-state index >= 15 is 0 Å². The Hall–Kier alpha value is -1.81. The van der Waals surface area contributed by atoms with Crippen LogP contribution >= 0.6 is 11.8 Å². The van der Waals surface area contributed by atoms with Gasteiger partial charge in [0, 0.05) is 47.3 Å². The second-order valence-corrected chi connectivity index (χ2v) is 8.77. The van der Waals surface area contributed by atoms with E-state index in [1.807, 2.05) is 11.8 Å². The van der Waals surface area contributed by atoms with Crippen LogP contribution < -0.4 is 15.1 Å². The zero-order valence-corrected chi connectivity index (χ0v) is 16.2. The summed E-state index contributed by atoms with van der Waals surface area (Å²) >= 11 is 1.92. The van der Waals surface area contributed by atoms with E-state index in [0.29, 0.717) is 0 Å². The van der Waals surface area contributed by atoms with Crippen LogP contribution in [0.2, 0.25) is 0 Å². The van der Waals surface area contributed by atoms with Crippen LogP contribution in [0.25, 0.3) is 0 Å². The lowest BCUT2D eigenvalue weighted by atomic mass is 10.1. The van der Waals surface area contributed by atoms with Crippen molar-refractivity contribution in [3.63, 3.8) is 0 Å². The number of anilines is 4. The summed E-state index contributed by atoms with van der Waals surface area (Å²) in [5, 5.41) is 3.64. The molecule has 2 aromatic rings. The number of benzene rings is 2. The highest BCUT2D eigenvalue weighted by molar-refractivity contribution is 7.99. The minimum absolute atomic E-state index is 1.20. The average molecular weight is 366 g/mol. The summed E-state index contributed by atoms with van der Waals surface area (Å²) in [7, 11) is 0. The van der Waals surface area contributed by atoms with Crippen molar-refractivity contribution in [2.75, 3.05) is 41.3 Å². The fourth-order valence-corrected chi connectivity index (χ4v) is 5.41. The first-order valence-corrected chi connectivity index (χ1v) is 10.9. The third-order valence-electron chi connectivity index (χ3n) is 5.86. The second-order valence-electron chi connectivity index (χ2n) is 7.68. The first-order chi connectivity index (χ1) is 12.9. The van der Waals surface area contributed by atoms with Crippen LogP contribution in [-0.2, 0) is 0 Å². The summed E-state index contributed by atoms with van der Waals surface area (Å²) in [6.45, 7) is 4.80. The molecule has 0 aromatic heterocycles. The normalized spacial score (nSPS) is 19.5. The molecule has 3 aliphatic rings. The Morgan fingerprint density at radius 2 is 1.08 bits per heavy atom. The third kappa shape index (κ3) is 3.16. The third-order valence-corrected chi connectivity index (χ3v) is 6.98. The minimum atomic E-state index is 1.20. The van der Waals surface area contributed by atoms with Gasteiger partial charge in [-0.3, -0.25) is 0 Å². The van der Waals surface area contributed by atoms with Crippen molar-refractivity contribution in [2.24, 2.45) is 0 Å². The van der Waals surface area contributed by atoms with Gasteiger partial charge in [0.25, 0.3) is 0 Å². The van der Waals surface area contributed by atoms with Crippen molar-refractivity contribution >= 4 is 34.5 Å². The van der Waals surface area contributed by atoms with Gasteiger partial charge in [-0.2, -0.15) is 0 Å². The summed E-state index contributed by atoms with van der Waals surface area (Å²) in [6, 6.07) is 13.8. The van der Waals surface area contributed by atoms with Gasteiger partial charge >= 0.3 is 0 Å². The molecule has 2 aromatic carbocycles. The molecule has 3 nitrogen and oxygen atoms in total. The molecule has 2 saturated heterocycles. The Labute approximate surface area is 160 Å². The van der Waals surface area contributed by atoms with Crippen molar-refractivity contribution < 1.29 is 0 Å². The molecule has 0 spiro atoms. The molecule has 0 aliphatic carbocycles. The Morgan fingerprint density at radius 1 is 0.615 bits per heavy atom. The van der Waals surface area contributed by atoms with Crippen LogP contribution in [0.3, 0.4) is 0 Å². The Kier molecular flexibility index (Phi) is 4.45. The van der Waals surface area contributed by atoms with Gasteiger partial charge in [0.05, 0.1) is 11.4 Å². The Bertz CT molecular complexity index is 726. The summed E-state index contributed by atoms with van der Waals surface area (Å²) < 4.78 is 0. The number of rotatable bonds is 2. The van der Waals surface area contributed by atoms with Gasteiger partial charge in [-0.25, -0.2) is 0 Å². The van der Waals surface area contributed by atoms with E-state index in [9.17, 15) is 0 Å². The molecule has 136 valence electrons. The van der Waals surface area contributed by atoms with E-state index < -0.39 is 0 Å². The zero-order chi connectivity index (χ0) is 17.3. The number of hydrogen-bond acceptors (Lipinski definition) is 4. The molecule has 0 amide bonds. The molecule has 0 atom stereocenters. The summed E-state index contributed by atoms with van der Waals surface area (Å²) in [4.78, 5) is 7.81. The van der Waals surface area contributed by atoms with E-state index in [1.165, 1.54) is 97.2 Å². The molecule has 5 rings (SSSR count). The maximum absolute atomic E-state index is 3.64. The molecule has 2 fully saturated rings. The van der Waals surface area contributed by atoms with Crippen molar-refractivity contribution in [3.05, 3.63) is 36.4 Å². The van der Waals surface area contributed by atoms with Crippen molar-refractivity contribution in [3.8, 4) is 0 Å². The van der Waals surface area contributed by atoms with Crippen LogP contribution in [0.15, 0.2) is 46.2 Å². The first-order valence-electron chi connectivity index (χ1n) is 10.1. The number of nitrogens with zero attached hydrogens (tertiary/aromatic N) is 2. The molecule has 0 saturated carbocycles.